The number of nitrogens with zero attached hydrogens (tertiary/aromatic N) is 4. The Morgan fingerprint density at radius 2 is 2.03 bits per heavy atom. The van der Waals surface area contributed by atoms with Crippen LogP contribution in [-0.2, 0) is 22.7 Å². The molecular formula is C25H25N5O4. The smallest absolute Gasteiger partial charge is 0.247 e. The number of methoxy groups -OCH3 is 1. The summed E-state index contributed by atoms with van der Waals surface area (Å²) in [5, 5.41) is 11.2. The second-order valence-corrected chi connectivity index (χ2v) is 8.24. The Hall–Kier alpha value is -4.14. The van der Waals surface area contributed by atoms with Crippen molar-refractivity contribution in [3.63, 3.8) is 0 Å². The highest BCUT2D eigenvalue weighted by Gasteiger charge is 2.41. The van der Waals surface area contributed by atoms with Crippen molar-refractivity contribution in [3.05, 3.63) is 78.3 Å². The fraction of sp³-hybridized carbons (Fsp3) is 0.280. The van der Waals surface area contributed by atoms with Crippen LogP contribution in [-0.4, -0.2) is 44.9 Å². The predicted octanol–water partition coefficient (Wildman–Crippen LogP) is 3.08. The van der Waals surface area contributed by atoms with Crippen LogP contribution in [0.5, 0.6) is 5.75 Å². The van der Waals surface area contributed by atoms with Crippen molar-refractivity contribution in [2.24, 2.45) is 0 Å². The lowest BCUT2D eigenvalue weighted by molar-refractivity contribution is -0.142. The molecule has 9 nitrogen and oxygen atoms in total. The molecule has 1 atom stereocenters. The molecule has 1 aliphatic carbocycles. The second kappa shape index (κ2) is 9.38. The predicted molar refractivity (Wildman–Crippen MR) is 124 cm³/mol. The second-order valence-electron chi connectivity index (χ2n) is 8.24. The summed E-state index contributed by atoms with van der Waals surface area (Å²) in [6.07, 6.45) is 3.25. The molecule has 0 unspecified atom stereocenters. The van der Waals surface area contributed by atoms with E-state index in [9.17, 15) is 9.59 Å². The van der Waals surface area contributed by atoms with Gasteiger partial charge in [-0.05, 0) is 54.8 Å². The summed E-state index contributed by atoms with van der Waals surface area (Å²) in [4.78, 5) is 28.8. The van der Waals surface area contributed by atoms with E-state index in [1.165, 1.54) is 0 Å². The third kappa shape index (κ3) is 4.50. The van der Waals surface area contributed by atoms with Crippen molar-refractivity contribution in [2.75, 3.05) is 7.11 Å². The fourth-order valence-corrected chi connectivity index (χ4v) is 4.09. The van der Waals surface area contributed by atoms with Gasteiger partial charge in [-0.2, -0.15) is 0 Å². The zero-order chi connectivity index (χ0) is 23.5. The minimum Gasteiger partial charge on any atom is -0.497 e. The number of benzene rings is 2. The highest BCUT2D eigenvalue weighted by molar-refractivity contribution is 5.89. The minimum absolute atomic E-state index is 0.0110. The van der Waals surface area contributed by atoms with Crippen LogP contribution in [0, 0.1) is 0 Å². The van der Waals surface area contributed by atoms with Gasteiger partial charge >= 0.3 is 0 Å². The third-order valence-corrected chi connectivity index (χ3v) is 5.89. The first-order valence-corrected chi connectivity index (χ1v) is 11.2. The van der Waals surface area contributed by atoms with E-state index in [2.05, 4.69) is 15.6 Å². The van der Waals surface area contributed by atoms with Gasteiger partial charge in [0.05, 0.1) is 25.4 Å². The lowest BCUT2D eigenvalue weighted by Crippen LogP contribution is -2.46. The van der Waals surface area contributed by atoms with E-state index >= 15 is 0 Å². The standard InChI is InChI=1S/C25H25N5O4/c1-33-19-7-4-6-17(14-19)24(25(32)26-15-20-8-5-13-34-20)30(18-11-12-18)23(31)16-29-22-10-3-2-9-21(22)27-28-29/h2-10,13-14,18,24H,11-12,15-16H2,1H3,(H,26,32)/t24-/m0/s1. The molecule has 4 aromatic rings. The van der Waals surface area contributed by atoms with Crippen LogP contribution in [0.4, 0.5) is 0 Å². The van der Waals surface area contributed by atoms with E-state index in [4.69, 9.17) is 9.15 Å². The van der Waals surface area contributed by atoms with Gasteiger partial charge in [0.1, 0.15) is 29.6 Å². The minimum atomic E-state index is -0.820. The van der Waals surface area contributed by atoms with E-state index < -0.39 is 6.04 Å². The summed E-state index contributed by atoms with van der Waals surface area (Å²) in [5.41, 5.74) is 2.17. The molecule has 1 N–H and O–H groups in total. The number of carbonyl (C=O) groups excluding carboxylic acids is 2. The van der Waals surface area contributed by atoms with Crippen molar-refractivity contribution in [1.29, 1.82) is 0 Å². The van der Waals surface area contributed by atoms with Gasteiger partial charge in [0, 0.05) is 6.04 Å². The Balaban J connectivity index is 1.46. The average Bonchev–Trinajstić information content (AvgIpc) is 3.40. The zero-order valence-corrected chi connectivity index (χ0v) is 18.8. The Morgan fingerprint density at radius 1 is 1.18 bits per heavy atom. The van der Waals surface area contributed by atoms with Gasteiger partial charge in [-0.3, -0.25) is 9.59 Å². The summed E-state index contributed by atoms with van der Waals surface area (Å²) in [6.45, 7) is 0.218. The summed E-state index contributed by atoms with van der Waals surface area (Å²) in [6, 6.07) is 17.5. The van der Waals surface area contributed by atoms with Gasteiger partial charge in [-0.1, -0.05) is 29.5 Å². The van der Waals surface area contributed by atoms with Crippen LogP contribution in [0.15, 0.2) is 71.3 Å². The van der Waals surface area contributed by atoms with Crippen molar-refractivity contribution in [2.45, 2.75) is 38.0 Å². The summed E-state index contributed by atoms with van der Waals surface area (Å²) < 4.78 is 12.3. The van der Waals surface area contributed by atoms with E-state index in [-0.39, 0.29) is 30.9 Å². The number of nitrogens with one attached hydrogen (secondary N) is 1. The molecule has 1 aliphatic rings. The fourth-order valence-electron chi connectivity index (χ4n) is 4.09. The Kier molecular flexibility index (Phi) is 5.99. The van der Waals surface area contributed by atoms with E-state index in [1.807, 2.05) is 42.5 Å². The maximum Gasteiger partial charge on any atom is 0.247 e. The number of furan rings is 1. The van der Waals surface area contributed by atoms with Gasteiger partial charge in [-0.25, -0.2) is 4.68 Å². The number of ether oxygens (including phenoxy) is 1. The largest absolute Gasteiger partial charge is 0.497 e. The molecule has 174 valence electrons. The summed E-state index contributed by atoms with van der Waals surface area (Å²) >= 11 is 0. The molecular weight excluding hydrogens is 434 g/mol. The van der Waals surface area contributed by atoms with Crippen LogP contribution in [0.25, 0.3) is 11.0 Å². The van der Waals surface area contributed by atoms with Crippen molar-refractivity contribution in [3.8, 4) is 5.75 Å². The van der Waals surface area contributed by atoms with Crippen LogP contribution in [0.2, 0.25) is 0 Å². The maximum atomic E-state index is 13.6. The lowest BCUT2D eigenvalue weighted by atomic mass is 10.0. The molecule has 5 rings (SSSR count). The molecule has 1 fully saturated rings. The third-order valence-electron chi connectivity index (χ3n) is 5.89. The number of amides is 2. The average molecular weight is 460 g/mol. The molecule has 0 aliphatic heterocycles. The Bertz CT molecular complexity index is 1300. The van der Waals surface area contributed by atoms with Gasteiger partial charge in [0.2, 0.25) is 11.8 Å². The number of carbonyl (C=O) groups is 2. The lowest BCUT2D eigenvalue weighted by Gasteiger charge is -2.31. The zero-order valence-electron chi connectivity index (χ0n) is 18.8. The summed E-state index contributed by atoms with van der Waals surface area (Å²) in [7, 11) is 1.57. The Morgan fingerprint density at radius 3 is 2.79 bits per heavy atom. The van der Waals surface area contributed by atoms with Crippen LogP contribution in [0.3, 0.4) is 0 Å². The number of aromatic nitrogens is 3. The van der Waals surface area contributed by atoms with E-state index in [0.29, 0.717) is 22.6 Å². The molecule has 0 radical (unpaired) electrons. The number of hydrogen-bond donors (Lipinski definition) is 1. The number of hydrogen-bond acceptors (Lipinski definition) is 6. The van der Waals surface area contributed by atoms with Gasteiger partial charge in [0.25, 0.3) is 0 Å². The first-order valence-electron chi connectivity index (χ1n) is 11.2. The number of fused-ring (bicyclic) bond motifs is 1. The van der Waals surface area contributed by atoms with Crippen LogP contribution in [0.1, 0.15) is 30.2 Å². The van der Waals surface area contributed by atoms with Gasteiger partial charge in [0.15, 0.2) is 0 Å². The highest BCUT2D eigenvalue weighted by atomic mass is 16.5. The highest BCUT2D eigenvalue weighted by Crippen LogP contribution is 2.36. The normalized spacial score (nSPS) is 14.0. The quantitative estimate of drug-likeness (QED) is 0.413. The van der Waals surface area contributed by atoms with Gasteiger partial charge in [-0.15, -0.1) is 5.10 Å². The van der Waals surface area contributed by atoms with Crippen LogP contribution < -0.4 is 10.1 Å². The topological polar surface area (TPSA) is 102 Å². The molecule has 0 saturated heterocycles. The van der Waals surface area contributed by atoms with Gasteiger partial charge < -0.3 is 19.4 Å². The van der Waals surface area contributed by atoms with Crippen LogP contribution >= 0.6 is 0 Å². The molecule has 9 heteroatoms. The first-order chi connectivity index (χ1) is 16.6. The van der Waals surface area contributed by atoms with Crippen molar-refractivity contribution < 1.29 is 18.7 Å². The van der Waals surface area contributed by atoms with Crippen molar-refractivity contribution in [1.82, 2.24) is 25.2 Å². The molecule has 2 aromatic heterocycles. The first kappa shape index (κ1) is 21.7. The van der Waals surface area contributed by atoms with E-state index in [1.54, 1.807) is 41.2 Å². The SMILES string of the molecule is COc1cccc([C@@H](C(=O)NCc2ccco2)N(C(=O)Cn2nnc3ccccc32)C2CC2)c1. The monoisotopic (exact) mass is 459 g/mol. The number of para-hydroxylation sites is 1. The molecule has 0 bridgehead atoms. The molecule has 2 amide bonds. The maximum absolute atomic E-state index is 13.6. The molecule has 2 aromatic carbocycles. The molecule has 34 heavy (non-hydrogen) atoms. The molecule has 1 saturated carbocycles. The molecule has 2 heterocycles. The van der Waals surface area contributed by atoms with Crippen molar-refractivity contribution >= 4 is 22.8 Å². The molecule has 0 spiro atoms. The van der Waals surface area contributed by atoms with E-state index in [0.717, 1.165) is 18.4 Å². The number of rotatable bonds is 9. The Labute approximate surface area is 196 Å². The summed E-state index contributed by atoms with van der Waals surface area (Å²) in [5.74, 6) is 0.774.